The Kier molecular flexibility index (Phi) is 5.09. The second-order valence-electron chi connectivity index (χ2n) is 4.52. The average molecular weight is 300 g/mol. The van der Waals surface area contributed by atoms with Crippen LogP contribution in [0.3, 0.4) is 0 Å². The van der Waals surface area contributed by atoms with E-state index in [0.29, 0.717) is 11.1 Å². The molecule has 108 valence electrons. The molecule has 0 saturated heterocycles. The van der Waals surface area contributed by atoms with Crippen molar-refractivity contribution in [3.8, 4) is 11.8 Å². The number of carbonyl (C=O) groups is 1. The first-order valence-electron chi connectivity index (χ1n) is 6.52. The number of nitrogens with one attached hydrogen (secondary N) is 1. The predicted octanol–water partition coefficient (Wildman–Crippen LogP) is 2.29. The SMILES string of the molecule is Cc1ccc(C(C)NC(=O)c2ccncc2C#CCO)s1. The lowest BCUT2D eigenvalue weighted by molar-refractivity contribution is 0.0940. The van der Waals surface area contributed by atoms with Crippen LogP contribution in [-0.4, -0.2) is 22.6 Å². The smallest absolute Gasteiger partial charge is 0.253 e. The van der Waals surface area contributed by atoms with Gasteiger partial charge in [0.05, 0.1) is 17.2 Å². The summed E-state index contributed by atoms with van der Waals surface area (Å²) in [6.45, 7) is 3.73. The number of aromatic nitrogens is 1. The lowest BCUT2D eigenvalue weighted by Crippen LogP contribution is -2.26. The van der Waals surface area contributed by atoms with Crippen molar-refractivity contribution in [2.45, 2.75) is 19.9 Å². The van der Waals surface area contributed by atoms with Crippen LogP contribution in [-0.2, 0) is 0 Å². The number of aliphatic hydroxyl groups is 1. The minimum atomic E-state index is -0.249. The molecule has 5 heteroatoms. The Bertz CT molecular complexity index is 698. The van der Waals surface area contributed by atoms with Crippen LogP contribution in [0.4, 0.5) is 0 Å². The fraction of sp³-hybridized carbons (Fsp3) is 0.250. The molecule has 0 aliphatic carbocycles. The molecule has 2 rings (SSSR count). The van der Waals surface area contributed by atoms with Gasteiger partial charge in [-0.05, 0) is 32.0 Å². The summed E-state index contributed by atoms with van der Waals surface area (Å²) in [5, 5.41) is 11.7. The normalized spacial score (nSPS) is 11.4. The Morgan fingerprint density at radius 3 is 2.95 bits per heavy atom. The van der Waals surface area contributed by atoms with Crippen molar-refractivity contribution < 1.29 is 9.90 Å². The molecular weight excluding hydrogens is 284 g/mol. The van der Waals surface area contributed by atoms with E-state index >= 15 is 0 Å². The monoisotopic (exact) mass is 300 g/mol. The van der Waals surface area contributed by atoms with Crippen LogP contribution in [0.5, 0.6) is 0 Å². The highest BCUT2D eigenvalue weighted by atomic mass is 32.1. The number of amides is 1. The van der Waals surface area contributed by atoms with Crippen molar-refractivity contribution in [2.24, 2.45) is 0 Å². The highest BCUT2D eigenvalue weighted by molar-refractivity contribution is 7.12. The molecule has 2 aromatic rings. The summed E-state index contributed by atoms with van der Waals surface area (Å²) < 4.78 is 0. The van der Waals surface area contributed by atoms with Gasteiger partial charge in [0, 0.05) is 22.1 Å². The first-order chi connectivity index (χ1) is 10.1. The first-order valence-corrected chi connectivity index (χ1v) is 7.34. The van der Waals surface area contributed by atoms with Gasteiger partial charge in [0.25, 0.3) is 5.91 Å². The fourth-order valence-electron chi connectivity index (χ4n) is 1.86. The largest absolute Gasteiger partial charge is 0.384 e. The molecular formula is C16H16N2O2S. The van der Waals surface area contributed by atoms with Gasteiger partial charge < -0.3 is 10.4 Å². The third kappa shape index (κ3) is 3.91. The lowest BCUT2D eigenvalue weighted by atomic mass is 10.1. The molecule has 0 fully saturated rings. The summed E-state index contributed by atoms with van der Waals surface area (Å²) in [5.74, 6) is 5.08. The van der Waals surface area contributed by atoms with Crippen molar-refractivity contribution in [1.29, 1.82) is 0 Å². The van der Waals surface area contributed by atoms with E-state index in [1.165, 1.54) is 11.1 Å². The highest BCUT2D eigenvalue weighted by Crippen LogP contribution is 2.22. The standard InChI is InChI=1S/C16H16N2O2S/c1-11-5-6-15(21-11)12(2)18-16(20)14-7-8-17-10-13(14)4-3-9-19/h5-8,10,12,19H,9H2,1-2H3,(H,18,20). The van der Waals surface area contributed by atoms with E-state index in [-0.39, 0.29) is 18.6 Å². The van der Waals surface area contributed by atoms with E-state index in [9.17, 15) is 4.79 Å². The maximum Gasteiger partial charge on any atom is 0.253 e. The van der Waals surface area contributed by atoms with E-state index in [4.69, 9.17) is 5.11 Å². The predicted molar refractivity (Wildman–Crippen MR) is 83.1 cm³/mol. The maximum absolute atomic E-state index is 12.4. The van der Waals surface area contributed by atoms with Gasteiger partial charge in [0.1, 0.15) is 6.61 Å². The van der Waals surface area contributed by atoms with Gasteiger partial charge in [-0.25, -0.2) is 0 Å². The van der Waals surface area contributed by atoms with Crippen LogP contribution in [0.2, 0.25) is 0 Å². The summed E-state index contributed by atoms with van der Waals surface area (Å²) in [5.41, 5.74) is 0.977. The molecule has 1 atom stereocenters. The zero-order chi connectivity index (χ0) is 15.2. The number of carbonyl (C=O) groups excluding carboxylic acids is 1. The number of pyridine rings is 1. The number of aliphatic hydroxyl groups excluding tert-OH is 1. The molecule has 0 aliphatic heterocycles. The molecule has 0 spiro atoms. The number of hydrogen-bond donors (Lipinski definition) is 2. The van der Waals surface area contributed by atoms with Crippen molar-refractivity contribution in [3.63, 3.8) is 0 Å². The topological polar surface area (TPSA) is 62.2 Å². The molecule has 2 N–H and O–H groups in total. The number of hydrogen-bond acceptors (Lipinski definition) is 4. The number of rotatable bonds is 3. The quantitative estimate of drug-likeness (QED) is 0.855. The van der Waals surface area contributed by atoms with Gasteiger partial charge in [0.2, 0.25) is 0 Å². The van der Waals surface area contributed by atoms with E-state index in [1.54, 1.807) is 23.6 Å². The summed E-state index contributed by atoms with van der Waals surface area (Å²) in [7, 11) is 0. The van der Waals surface area contributed by atoms with Crippen LogP contribution in [0, 0.1) is 18.8 Å². The Morgan fingerprint density at radius 1 is 1.48 bits per heavy atom. The van der Waals surface area contributed by atoms with Crippen LogP contribution >= 0.6 is 11.3 Å². The second kappa shape index (κ2) is 7.02. The summed E-state index contributed by atoms with van der Waals surface area (Å²) in [4.78, 5) is 18.6. The Labute approximate surface area is 127 Å². The van der Waals surface area contributed by atoms with Crippen LogP contribution < -0.4 is 5.32 Å². The van der Waals surface area contributed by atoms with E-state index in [2.05, 4.69) is 22.1 Å². The van der Waals surface area contributed by atoms with E-state index in [0.717, 1.165) is 4.88 Å². The van der Waals surface area contributed by atoms with Gasteiger partial charge in [-0.1, -0.05) is 11.8 Å². The summed E-state index contributed by atoms with van der Waals surface area (Å²) in [6.07, 6.45) is 3.08. The Morgan fingerprint density at radius 2 is 2.29 bits per heavy atom. The van der Waals surface area contributed by atoms with Crippen LogP contribution in [0.15, 0.2) is 30.6 Å². The van der Waals surface area contributed by atoms with Gasteiger partial charge in [-0.15, -0.1) is 11.3 Å². The molecule has 0 radical (unpaired) electrons. The third-order valence-electron chi connectivity index (χ3n) is 2.90. The molecule has 2 heterocycles. The minimum Gasteiger partial charge on any atom is -0.384 e. The van der Waals surface area contributed by atoms with Gasteiger partial charge in [-0.2, -0.15) is 0 Å². The van der Waals surface area contributed by atoms with Crippen LogP contribution in [0.1, 0.15) is 38.6 Å². The summed E-state index contributed by atoms with van der Waals surface area (Å²) in [6, 6.07) is 5.61. The van der Waals surface area contributed by atoms with Crippen molar-refractivity contribution >= 4 is 17.2 Å². The molecule has 4 nitrogen and oxygen atoms in total. The lowest BCUT2D eigenvalue weighted by Gasteiger charge is -2.13. The zero-order valence-electron chi connectivity index (χ0n) is 11.9. The summed E-state index contributed by atoms with van der Waals surface area (Å²) >= 11 is 1.66. The molecule has 2 aromatic heterocycles. The molecule has 0 aromatic carbocycles. The minimum absolute atomic E-state index is 0.0667. The second-order valence-corrected chi connectivity index (χ2v) is 5.84. The van der Waals surface area contributed by atoms with Gasteiger partial charge in [-0.3, -0.25) is 9.78 Å². The van der Waals surface area contributed by atoms with Gasteiger partial charge >= 0.3 is 0 Å². The van der Waals surface area contributed by atoms with Gasteiger partial charge in [0.15, 0.2) is 0 Å². The van der Waals surface area contributed by atoms with Crippen LogP contribution in [0.25, 0.3) is 0 Å². The Hall–Kier alpha value is -2.16. The third-order valence-corrected chi connectivity index (χ3v) is 4.09. The fourth-order valence-corrected chi connectivity index (χ4v) is 2.74. The first kappa shape index (κ1) is 15.2. The van der Waals surface area contributed by atoms with E-state index < -0.39 is 0 Å². The molecule has 0 saturated carbocycles. The molecule has 0 aliphatic rings. The molecule has 1 unspecified atom stereocenters. The average Bonchev–Trinajstić information content (AvgIpc) is 2.92. The van der Waals surface area contributed by atoms with Crippen molar-refractivity contribution in [1.82, 2.24) is 10.3 Å². The zero-order valence-corrected chi connectivity index (χ0v) is 12.7. The molecule has 1 amide bonds. The molecule has 21 heavy (non-hydrogen) atoms. The van der Waals surface area contributed by atoms with E-state index in [1.807, 2.05) is 26.0 Å². The maximum atomic E-state index is 12.4. The van der Waals surface area contributed by atoms with Crippen molar-refractivity contribution in [2.75, 3.05) is 6.61 Å². The number of nitrogens with zero attached hydrogens (tertiary/aromatic N) is 1. The number of thiophene rings is 1. The van der Waals surface area contributed by atoms with Crippen molar-refractivity contribution in [3.05, 3.63) is 51.5 Å². The highest BCUT2D eigenvalue weighted by Gasteiger charge is 2.15. The molecule has 0 bridgehead atoms. The number of aryl methyl sites for hydroxylation is 1. The Balaban J connectivity index is 2.17.